The van der Waals surface area contributed by atoms with Gasteiger partial charge in [-0.25, -0.2) is 0 Å². The van der Waals surface area contributed by atoms with Gasteiger partial charge in [-0.1, -0.05) is 24.6 Å². The van der Waals surface area contributed by atoms with E-state index in [1.165, 1.54) is 7.11 Å². The molecule has 0 spiro atoms. The number of carbonyl (C=O) groups is 1. The second kappa shape index (κ2) is 7.48. The number of ether oxygens (including phenoxy) is 1. The molecule has 0 saturated carbocycles. The molecule has 0 aliphatic heterocycles. The highest BCUT2D eigenvalue weighted by molar-refractivity contribution is 6.30. The van der Waals surface area contributed by atoms with Crippen molar-refractivity contribution in [3.05, 3.63) is 34.3 Å². The van der Waals surface area contributed by atoms with E-state index in [1.54, 1.807) is 12.1 Å². The van der Waals surface area contributed by atoms with Crippen LogP contribution in [0, 0.1) is 6.92 Å². The molecule has 0 amide bonds. The van der Waals surface area contributed by atoms with Crippen LogP contribution in [0.5, 0.6) is 0 Å². The molecule has 0 heterocycles. The van der Waals surface area contributed by atoms with Crippen LogP contribution in [0.3, 0.4) is 0 Å². The van der Waals surface area contributed by atoms with Crippen molar-refractivity contribution in [3.8, 4) is 0 Å². The minimum absolute atomic E-state index is 0.109. The Kier molecular flexibility index (Phi) is 6.28. The standard InChI is InChI=1S/C14H20ClNO3/c1-4-16-12(8-13(17)19-3)14(18)11-7-10(15)6-5-9(11)2/h5-7,12,14,16,18H,4,8H2,1-3H3. The zero-order valence-corrected chi connectivity index (χ0v) is 12.2. The average molecular weight is 286 g/mol. The third-order valence-corrected chi connectivity index (χ3v) is 3.26. The molecule has 2 atom stereocenters. The number of carbonyl (C=O) groups excluding carboxylic acids is 1. The fourth-order valence-electron chi connectivity index (χ4n) is 1.97. The van der Waals surface area contributed by atoms with Crippen LogP contribution in [0.1, 0.15) is 30.6 Å². The molecule has 0 aliphatic rings. The van der Waals surface area contributed by atoms with Gasteiger partial charge in [0.25, 0.3) is 0 Å². The molecule has 5 heteroatoms. The third kappa shape index (κ3) is 4.49. The van der Waals surface area contributed by atoms with Crippen molar-refractivity contribution in [2.45, 2.75) is 32.4 Å². The van der Waals surface area contributed by atoms with Crippen LogP contribution >= 0.6 is 11.6 Å². The monoisotopic (exact) mass is 285 g/mol. The van der Waals surface area contributed by atoms with E-state index < -0.39 is 12.1 Å². The fraction of sp³-hybridized carbons (Fsp3) is 0.500. The van der Waals surface area contributed by atoms with E-state index in [9.17, 15) is 9.90 Å². The number of rotatable bonds is 6. The van der Waals surface area contributed by atoms with Crippen LogP contribution < -0.4 is 5.32 Å². The summed E-state index contributed by atoms with van der Waals surface area (Å²) in [4.78, 5) is 11.4. The zero-order valence-electron chi connectivity index (χ0n) is 11.4. The molecule has 0 saturated heterocycles. The SMILES string of the molecule is CCNC(CC(=O)OC)C(O)c1cc(Cl)ccc1C. The number of aryl methyl sites for hydroxylation is 1. The molecule has 1 rings (SSSR count). The average Bonchev–Trinajstić information content (AvgIpc) is 2.40. The minimum atomic E-state index is -0.808. The molecule has 0 aromatic heterocycles. The first-order chi connectivity index (χ1) is 8.99. The van der Waals surface area contributed by atoms with Crippen molar-refractivity contribution < 1.29 is 14.6 Å². The molecule has 1 aromatic carbocycles. The molecule has 0 bridgehead atoms. The molecular formula is C14H20ClNO3. The summed E-state index contributed by atoms with van der Waals surface area (Å²) in [6, 6.07) is 4.95. The van der Waals surface area contributed by atoms with Gasteiger partial charge >= 0.3 is 5.97 Å². The van der Waals surface area contributed by atoms with E-state index in [0.717, 1.165) is 11.1 Å². The smallest absolute Gasteiger partial charge is 0.307 e. The van der Waals surface area contributed by atoms with Gasteiger partial charge in [-0.15, -0.1) is 0 Å². The zero-order chi connectivity index (χ0) is 14.4. The van der Waals surface area contributed by atoms with Crippen LogP contribution in [-0.2, 0) is 9.53 Å². The summed E-state index contributed by atoms with van der Waals surface area (Å²) in [6.07, 6.45) is -0.699. The van der Waals surface area contributed by atoms with Crippen molar-refractivity contribution >= 4 is 17.6 Å². The van der Waals surface area contributed by atoms with Crippen LogP contribution in [0.15, 0.2) is 18.2 Å². The summed E-state index contributed by atoms with van der Waals surface area (Å²) in [7, 11) is 1.34. The maximum atomic E-state index is 11.4. The van der Waals surface area contributed by atoms with E-state index in [2.05, 4.69) is 10.1 Å². The van der Waals surface area contributed by atoms with E-state index in [-0.39, 0.29) is 12.4 Å². The van der Waals surface area contributed by atoms with Crippen molar-refractivity contribution in [1.82, 2.24) is 5.32 Å². The number of benzene rings is 1. The van der Waals surface area contributed by atoms with Gasteiger partial charge in [0.15, 0.2) is 0 Å². The lowest BCUT2D eigenvalue weighted by molar-refractivity contribution is -0.142. The number of aliphatic hydroxyl groups excluding tert-OH is 1. The largest absolute Gasteiger partial charge is 0.469 e. The Morgan fingerprint density at radius 1 is 1.53 bits per heavy atom. The first kappa shape index (κ1) is 16.0. The number of esters is 1. The number of methoxy groups -OCH3 is 1. The lowest BCUT2D eigenvalue weighted by Gasteiger charge is -2.24. The Labute approximate surface area is 118 Å². The summed E-state index contributed by atoms with van der Waals surface area (Å²) in [5.41, 5.74) is 1.66. The topological polar surface area (TPSA) is 58.6 Å². The van der Waals surface area contributed by atoms with Crippen LogP contribution in [-0.4, -0.2) is 30.8 Å². The summed E-state index contributed by atoms with van der Waals surface area (Å²) >= 11 is 5.95. The Morgan fingerprint density at radius 3 is 2.79 bits per heavy atom. The van der Waals surface area contributed by atoms with Gasteiger partial charge < -0.3 is 15.2 Å². The summed E-state index contributed by atoms with van der Waals surface area (Å²) < 4.78 is 4.65. The quantitative estimate of drug-likeness (QED) is 0.787. The van der Waals surface area contributed by atoms with Gasteiger partial charge in [0.05, 0.1) is 19.6 Å². The Hall–Kier alpha value is -1.10. The van der Waals surface area contributed by atoms with E-state index in [4.69, 9.17) is 11.6 Å². The van der Waals surface area contributed by atoms with Gasteiger partial charge in [-0.05, 0) is 36.7 Å². The van der Waals surface area contributed by atoms with Crippen LogP contribution in [0.25, 0.3) is 0 Å². The highest BCUT2D eigenvalue weighted by atomic mass is 35.5. The second-order valence-electron chi connectivity index (χ2n) is 4.39. The summed E-state index contributed by atoms with van der Waals surface area (Å²) in [5, 5.41) is 14.1. The van der Waals surface area contributed by atoms with E-state index in [0.29, 0.717) is 11.6 Å². The number of likely N-dealkylation sites (N-methyl/N-ethyl adjacent to an activating group) is 1. The molecular weight excluding hydrogens is 266 g/mol. The molecule has 2 N–H and O–H groups in total. The normalized spacial score (nSPS) is 13.9. The maximum Gasteiger partial charge on any atom is 0.307 e. The molecule has 2 unspecified atom stereocenters. The van der Waals surface area contributed by atoms with Crippen LogP contribution in [0.2, 0.25) is 5.02 Å². The van der Waals surface area contributed by atoms with E-state index >= 15 is 0 Å². The number of hydrogen-bond acceptors (Lipinski definition) is 4. The number of halogens is 1. The fourth-order valence-corrected chi connectivity index (χ4v) is 2.15. The molecule has 1 aromatic rings. The molecule has 0 radical (unpaired) electrons. The van der Waals surface area contributed by atoms with Crippen molar-refractivity contribution in [2.75, 3.05) is 13.7 Å². The highest BCUT2D eigenvalue weighted by Gasteiger charge is 2.24. The Balaban J connectivity index is 2.94. The first-order valence-electron chi connectivity index (χ1n) is 6.23. The van der Waals surface area contributed by atoms with Crippen molar-refractivity contribution in [1.29, 1.82) is 0 Å². The minimum Gasteiger partial charge on any atom is -0.469 e. The van der Waals surface area contributed by atoms with Crippen molar-refractivity contribution in [2.24, 2.45) is 0 Å². The lowest BCUT2D eigenvalue weighted by atomic mass is 9.96. The second-order valence-corrected chi connectivity index (χ2v) is 4.83. The molecule has 0 aliphatic carbocycles. The summed E-state index contributed by atoms with van der Waals surface area (Å²) in [5.74, 6) is -0.357. The van der Waals surface area contributed by atoms with Gasteiger partial charge in [0.1, 0.15) is 0 Å². The van der Waals surface area contributed by atoms with Gasteiger partial charge in [0, 0.05) is 11.1 Å². The van der Waals surface area contributed by atoms with Gasteiger partial charge in [-0.3, -0.25) is 4.79 Å². The number of aliphatic hydroxyl groups is 1. The lowest BCUT2D eigenvalue weighted by Crippen LogP contribution is -2.37. The Bertz CT molecular complexity index is 437. The van der Waals surface area contributed by atoms with E-state index in [1.807, 2.05) is 19.9 Å². The predicted molar refractivity (Wildman–Crippen MR) is 75.2 cm³/mol. The first-order valence-corrected chi connectivity index (χ1v) is 6.61. The predicted octanol–water partition coefficient (Wildman–Crippen LogP) is 2.22. The molecule has 19 heavy (non-hydrogen) atoms. The summed E-state index contributed by atoms with van der Waals surface area (Å²) in [6.45, 7) is 4.47. The number of nitrogens with one attached hydrogen (secondary N) is 1. The van der Waals surface area contributed by atoms with Gasteiger partial charge in [0.2, 0.25) is 0 Å². The Morgan fingerprint density at radius 2 is 2.21 bits per heavy atom. The number of hydrogen-bond donors (Lipinski definition) is 2. The molecule has 4 nitrogen and oxygen atoms in total. The maximum absolute atomic E-state index is 11.4. The van der Waals surface area contributed by atoms with Gasteiger partial charge in [-0.2, -0.15) is 0 Å². The molecule has 106 valence electrons. The third-order valence-electron chi connectivity index (χ3n) is 3.02. The van der Waals surface area contributed by atoms with Crippen LogP contribution in [0.4, 0.5) is 0 Å². The highest BCUT2D eigenvalue weighted by Crippen LogP contribution is 2.25. The van der Waals surface area contributed by atoms with Crippen molar-refractivity contribution in [3.63, 3.8) is 0 Å². The molecule has 0 fully saturated rings.